The monoisotopic (exact) mass is 393 g/mol. The molecule has 0 aromatic heterocycles. The smallest absolute Gasteiger partial charge is 0.283 e. The Hall–Kier alpha value is -1.93. The Balaban J connectivity index is 1.90. The number of amides is 1. The van der Waals surface area contributed by atoms with Crippen molar-refractivity contribution in [2.24, 2.45) is 16.2 Å². The van der Waals surface area contributed by atoms with Crippen LogP contribution in [0.3, 0.4) is 0 Å². The summed E-state index contributed by atoms with van der Waals surface area (Å²) in [4.78, 5) is 13.3. The molecule has 148 valence electrons. The molecule has 2 unspecified atom stereocenters. The minimum Gasteiger partial charge on any atom is -0.378 e. The molecule has 1 amide bonds. The third-order valence-corrected chi connectivity index (χ3v) is 6.51. The standard InChI is InChI=1S/C19H27N3O4S/c1-14-4-3-5-18(14)19(22-10-12-26-13-11-22)21-27(24,25)17-8-6-16(7-9-17)20-15(2)23/h6-9,14,18H,3-5,10-13H2,1-2H3,(H,20,23)/b21-19+. The summed E-state index contributed by atoms with van der Waals surface area (Å²) >= 11 is 0. The maximum absolute atomic E-state index is 12.9. The molecule has 1 saturated heterocycles. The summed E-state index contributed by atoms with van der Waals surface area (Å²) in [6, 6.07) is 6.13. The number of rotatable bonds is 4. The second kappa shape index (κ2) is 8.39. The number of amidine groups is 1. The van der Waals surface area contributed by atoms with E-state index < -0.39 is 10.0 Å². The van der Waals surface area contributed by atoms with Crippen LogP contribution in [0.1, 0.15) is 33.1 Å². The minimum absolute atomic E-state index is 0.132. The highest BCUT2D eigenvalue weighted by Gasteiger charge is 2.33. The van der Waals surface area contributed by atoms with Gasteiger partial charge in [0, 0.05) is 31.6 Å². The predicted octanol–water partition coefficient (Wildman–Crippen LogP) is 2.50. The minimum atomic E-state index is -3.82. The molecule has 1 aromatic rings. The lowest BCUT2D eigenvalue weighted by molar-refractivity contribution is -0.114. The maximum atomic E-state index is 12.9. The van der Waals surface area contributed by atoms with Crippen molar-refractivity contribution in [3.63, 3.8) is 0 Å². The van der Waals surface area contributed by atoms with Crippen molar-refractivity contribution in [3.05, 3.63) is 24.3 Å². The van der Waals surface area contributed by atoms with Crippen LogP contribution >= 0.6 is 0 Å². The van der Waals surface area contributed by atoms with Crippen LogP contribution in [0, 0.1) is 11.8 Å². The number of nitrogens with zero attached hydrogens (tertiary/aromatic N) is 2. The summed E-state index contributed by atoms with van der Waals surface area (Å²) in [5.74, 6) is 1.06. The second-order valence-electron chi connectivity index (χ2n) is 7.24. The molecule has 8 heteroatoms. The second-order valence-corrected chi connectivity index (χ2v) is 8.85. The number of benzene rings is 1. The van der Waals surface area contributed by atoms with Crippen molar-refractivity contribution in [1.29, 1.82) is 0 Å². The highest BCUT2D eigenvalue weighted by Crippen LogP contribution is 2.34. The van der Waals surface area contributed by atoms with Crippen LogP contribution in [0.4, 0.5) is 5.69 Å². The Bertz CT molecular complexity index is 799. The number of carbonyl (C=O) groups is 1. The molecular formula is C19H27N3O4S. The first-order valence-corrected chi connectivity index (χ1v) is 10.9. The molecule has 1 aromatic carbocycles. The highest BCUT2D eigenvalue weighted by molar-refractivity contribution is 7.90. The molecule has 1 heterocycles. The molecule has 0 radical (unpaired) electrons. The predicted molar refractivity (Wildman–Crippen MR) is 104 cm³/mol. The lowest BCUT2D eigenvalue weighted by Gasteiger charge is -2.33. The van der Waals surface area contributed by atoms with E-state index >= 15 is 0 Å². The molecule has 1 N–H and O–H groups in total. The number of nitrogens with one attached hydrogen (secondary N) is 1. The molecule has 27 heavy (non-hydrogen) atoms. The number of carbonyl (C=O) groups excluding carboxylic acids is 1. The van der Waals surface area contributed by atoms with Crippen molar-refractivity contribution in [1.82, 2.24) is 4.90 Å². The maximum Gasteiger partial charge on any atom is 0.283 e. The largest absolute Gasteiger partial charge is 0.378 e. The quantitative estimate of drug-likeness (QED) is 0.627. The van der Waals surface area contributed by atoms with Gasteiger partial charge in [-0.15, -0.1) is 4.40 Å². The van der Waals surface area contributed by atoms with Gasteiger partial charge in [0.15, 0.2) is 0 Å². The van der Waals surface area contributed by atoms with E-state index in [2.05, 4.69) is 21.5 Å². The fraction of sp³-hybridized carbons (Fsp3) is 0.579. The molecule has 1 aliphatic heterocycles. The number of sulfonamides is 1. The molecule has 1 saturated carbocycles. The SMILES string of the molecule is CC(=O)Nc1ccc(S(=O)(=O)/N=C(\C2CCCC2C)N2CCOCC2)cc1. The van der Waals surface area contributed by atoms with Crippen LogP contribution in [0.5, 0.6) is 0 Å². The van der Waals surface area contributed by atoms with E-state index in [0.717, 1.165) is 19.3 Å². The van der Waals surface area contributed by atoms with Gasteiger partial charge < -0.3 is 15.0 Å². The normalized spacial score (nSPS) is 24.1. The molecule has 1 aliphatic carbocycles. The summed E-state index contributed by atoms with van der Waals surface area (Å²) in [7, 11) is -3.82. The number of hydrogen-bond acceptors (Lipinski definition) is 4. The lowest BCUT2D eigenvalue weighted by atomic mass is 9.96. The van der Waals surface area contributed by atoms with Gasteiger partial charge in [0.05, 0.1) is 18.1 Å². The summed E-state index contributed by atoms with van der Waals surface area (Å²) in [5, 5.41) is 2.63. The van der Waals surface area contributed by atoms with Crippen LogP contribution in [0.25, 0.3) is 0 Å². The molecule has 0 spiro atoms. The third-order valence-electron chi connectivity index (χ3n) is 5.21. The van der Waals surface area contributed by atoms with Crippen LogP contribution in [0.15, 0.2) is 33.6 Å². The van der Waals surface area contributed by atoms with Gasteiger partial charge in [-0.2, -0.15) is 8.42 Å². The lowest BCUT2D eigenvalue weighted by Crippen LogP contribution is -2.44. The van der Waals surface area contributed by atoms with Crippen LogP contribution in [-0.2, 0) is 19.6 Å². The third kappa shape index (κ3) is 4.87. The fourth-order valence-electron chi connectivity index (χ4n) is 3.77. The van der Waals surface area contributed by atoms with Gasteiger partial charge in [-0.05, 0) is 43.0 Å². The highest BCUT2D eigenvalue weighted by atomic mass is 32.2. The average Bonchev–Trinajstić information content (AvgIpc) is 3.06. The molecular weight excluding hydrogens is 366 g/mol. The first kappa shape index (κ1) is 19.8. The Morgan fingerprint density at radius 3 is 2.41 bits per heavy atom. The van der Waals surface area contributed by atoms with Crippen molar-refractivity contribution < 1.29 is 17.9 Å². The van der Waals surface area contributed by atoms with E-state index in [0.29, 0.717) is 43.7 Å². The number of ether oxygens (including phenoxy) is 1. The van der Waals surface area contributed by atoms with Gasteiger partial charge in [-0.25, -0.2) is 0 Å². The van der Waals surface area contributed by atoms with Gasteiger partial charge in [0.25, 0.3) is 10.0 Å². The van der Waals surface area contributed by atoms with E-state index in [1.807, 2.05) is 0 Å². The summed E-state index contributed by atoms with van der Waals surface area (Å²) < 4.78 is 35.6. The van der Waals surface area contributed by atoms with Crippen molar-refractivity contribution >= 4 is 27.5 Å². The van der Waals surface area contributed by atoms with Crippen LogP contribution in [0.2, 0.25) is 0 Å². The fourth-order valence-corrected chi connectivity index (χ4v) is 4.85. The zero-order valence-corrected chi connectivity index (χ0v) is 16.7. The van der Waals surface area contributed by atoms with Gasteiger partial charge in [-0.3, -0.25) is 4.79 Å². The number of morpholine rings is 1. The molecule has 0 bridgehead atoms. The summed E-state index contributed by atoms with van der Waals surface area (Å²) in [5.41, 5.74) is 0.559. The van der Waals surface area contributed by atoms with Gasteiger partial charge in [0.1, 0.15) is 5.84 Å². The first-order valence-electron chi connectivity index (χ1n) is 9.42. The van der Waals surface area contributed by atoms with Crippen molar-refractivity contribution in [2.45, 2.75) is 38.0 Å². The van der Waals surface area contributed by atoms with E-state index in [1.54, 1.807) is 12.1 Å². The summed E-state index contributed by atoms with van der Waals surface area (Å²) in [6.45, 7) is 6.09. The summed E-state index contributed by atoms with van der Waals surface area (Å²) in [6.07, 6.45) is 3.16. The number of hydrogen-bond donors (Lipinski definition) is 1. The zero-order valence-electron chi connectivity index (χ0n) is 15.8. The van der Waals surface area contributed by atoms with Crippen molar-refractivity contribution in [3.8, 4) is 0 Å². The Labute approximate surface area is 160 Å². The molecule has 2 aliphatic rings. The van der Waals surface area contributed by atoms with E-state index in [4.69, 9.17) is 4.74 Å². The first-order chi connectivity index (χ1) is 12.9. The Morgan fingerprint density at radius 2 is 1.85 bits per heavy atom. The molecule has 7 nitrogen and oxygen atoms in total. The van der Waals surface area contributed by atoms with Crippen LogP contribution in [-0.4, -0.2) is 51.4 Å². The zero-order chi connectivity index (χ0) is 19.4. The van der Waals surface area contributed by atoms with Gasteiger partial charge in [0.2, 0.25) is 5.91 Å². The Morgan fingerprint density at radius 1 is 1.19 bits per heavy atom. The van der Waals surface area contributed by atoms with E-state index in [9.17, 15) is 13.2 Å². The number of anilines is 1. The van der Waals surface area contributed by atoms with Crippen LogP contribution < -0.4 is 5.32 Å². The van der Waals surface area contributed by atoms with Gasteiger partial charge >= 0.3 is 0 Å². The van der Waals surface area contributed by atoms with E-state index in [1.165, 1.54) is 19.1 Å². The van der Waals surface area contributed by atoms with Crippen molar-refractivity contribution in [2.75, 3.05) is 31.6 Å². The topological polar surface area (TPSA) is 88.1 Å². The van der Waals surface area contributed by atoms with E-state index in [-0.39, 0.29) is 16.7 Å². The molecule has 2 fully saturated rings. The Kier molecular flexibility index (Phi) is 6.16. The molecule has 3 rings (SSSR count). The average molecular weight is 394 g/mol. The van der Waals surface area contributed by atoms with Gasteiger partial charge in [-0.1, -0.05) is 13.3 Å². The molecule has 2 atom stereocenters.